The SMILES string of the molecule is CN[C@@H](CC(N)=O)C(=O)NC(C(=O)NC1C(=O)N2C1SC(C)(C)C2C(=O)O)c1ccc(O)cc1. The highest BCUT2D eigenvalue weighted by molar-refractivity contribution is 8.01. The van der Waals surface area contributed by atoms with Gasteiger partial charge >= 0.3 is 5.97 Å². The van der Waals surface area contributed by atoms with E-state index in [1.54, 1.807) is 13.8 Å². The molecule has 7 N–H and O–H groups in total. The molecule has 13 heteroatoms. The van der Waals surface area contributed by atoms with Gasteiger partial charge in [0, 0.05) is 4.75 Å². The Kier molecular flexibility index (Phi) is 7.07. The molecule has 0 spiro atoms. The third-order valence-corrected chi connectivity index (χ3v) is 7.39. The standard InChI is InChI=1S/C21H27N5O7S/c1-21(2)15(20(32)33)26-18(31)14(19(26)34-21)25-17(30)13(9-4-6-10(27)7-5-9)24-16(29)11(23-3)8-12(22)28/h4-7,11,13-15,19,23,27H,8H2,1-3H3,(H2,22,28)(H,24,29)(H,25,30)(H,32,33)/t11-,13?,14?,15?,19?/m0/s1. The van der Waals surface area contributed by atoms with Gasteiger partial charge in [0.15, 0.2) is 0 Å². The number of hydrogen-bond donors (Lipinski definition) is 6. The molecule has 1 aromatic carbocycles. The Bertz CT molecular complexity index is 1020. The lowest BCUT2D eigenvalue weighted by Gasteiger charge is -2.44. The van der Waals surface area contributed by atoms with E-state index in [1.165, 1.54) is 48.0 Å². The van der Waals surface area contributed by atoms with E-state index in [0.29, 0.717) is 5.56 Å². The Balaban J connectivity index is 1.80. The number of nitrogens with one attached hydrogen (secondary N) is 3. The maximum Gasteiger partial charge on any atom is 0.327 e. The van der Waals surface area contributed by atoms with Gasteiger partial charge in [-0.15, -0.1) is 11.8 Å². The lowest BCUT2D eigenvalue weighted by molar-refractivity contribution is -0.161. The predicted molar refractivity (Wildman–Crippen MR) is 121 cm³/mol. The monoisotopic (exact) mass is 493 g/mol. The summed E-state index contributed by atoms with van der Waals surface area (Å²) in [6.07, 6.45) is -0.299. The number of hydrogen-bond acceptors (Lipinski definition) is 8. The van der Waals surface area contributed by atoms with E-state index in [4.69, 9.17) is 5.73 Å². The summed E-state index contributed by atoms with van der Waals surface area (Å²) < 4.78 is -0.759. The first-order chi connectivity index (χ1) is 15.9. The average molecular weight is 494 g/mol. The molecular weight excluding hydrogens is 466 g/mol. The van der Waals surface area contributed by atoms with E-state index in [1.807, 2.05) is 0 Å². The highest BCUT2D eigenvalue weighted by atomic mass is 32.2. The lowest BCUT2D eigenvalue weighted by atomic mass is 9.95. The minimum Gasteiger partial charge on any atom is -0.508 e. The number of benzene rings is 1. The summed E-state index contributed by atoms with van der Waals surface area (Å²) in [5, 5.41) is 26.4. The number of phenolic OH excluding ortho intramolecular Hbond substituents is 1. The number of nitrogens with zero attached hydrogens (tertiary/aromatic N) is 1. The Labute approximate surface area is 199 Å². The minimum absolute atomic E-state index is 0.0508. The average Bonchev–Trinajstić information content (AvgIpc) is 3.02. The van der Waals surface area contributed by atoms with Crippen molar-refractivity contribution in [1.29, 1.82) is 0 Å². The topological polar surface area (TPSA) is 191 Å². The summed E-state index contributed by atoms with van der Waals surface area (Å²) in [7, 11) is 1.46. The number of carbonyl (C=O) groups is 5. The molecule has 2 aliphatic rings. The van der Waals surface area contributed by atoms with Crippen molar-refractivity contribution in [3.8, 4) is 5.75 Å². The van der Waals surface area contributed by atoms with Crippen LogP contribution in [-0.4, -0.2) is 80.0 Å². The van der Waals surface area contributed by atoms with Gasteiger partial charge in [-0.2, -0.15) is 0 Å². The molecule has 2 heterocycles. The van der Waals surface area contributed by atoms with Crippen molar-refractivity contribution >= 4 is 41.4 Å². The second kappa shape index (κ2) is 9.50. The molecule has 0 saturated carbocycles. The van der Waals surface area contributed by atoms with Crippen LogP contribution < -0.4 is 21.7 Å². The zero-order chi connectivity index (χ0) is 25.4. The highest BCUT2D eigenvalue weighted by Crippen LogP contribution is 2.50. The maximum atomic E-state index is 13.2. The number of carbonyl (C=O) groups excluding carboxylic acids is 4. The molecule has 4 unspecified atom stereocenters. The Hall–Kier alpha value is -3.32. The fraction of sp³-hybridized carbons (Fsp3) is 0.476. The first-order valence-corrected chi connectivity index (χ1v) is 11.3. The molecule has 2 fully saturated rings. The number of aliphatic carboxylic acids is 1. The van der Waals surface area contributed by atoms with Crippen LogP contribution in [0.25, 0.3) is 0 Å². The van der Waals surface area contributed by atoms with Gasteiger partial charge in [0.2, 0.25) is 23.6 Å². The molecule has 0 bridgehead atoms. The van der Waals surface area contributed by atoms with E-state index in [0.717, 1.165) is 0 Å². The normalized spacial score (nSPS) is 24.4. The lowest BCUT2D eigenvalue weighted by Crippen LogP contribution is -2.71. The zero-order valence-corrected chi connectivity index (χ0v) is 19.6. The summed E-state index contributed by atoms with van der Waals surface area (Å²) in [6, 6.07) is 1.30. The summed E-state index contributed by atoms with van der Waals surface area (Å²) in [5.41, 5.74) is 5.51. The van der Waals surface area contributed by atoms with Crippen molar-refractivity contribution in [3.63, 3.8) is 0 Å². The van der Waals surface area contributed by atoms with E-state index in [2.05, 4.69) is 16.0 Å². The summed E-state index contributed by atoms with van der Waals surface area (Å²) >= 11 is 1.27. The van der Waals surface area contributed by atoms with Crippen LogP contribution in [0.4, 0.5) is 0 Å². The maximum absolute atomic E-state index is 13.2. The Morgan fingerprint density at radius 1 is 1.18 bits per heavy atom. The van der Waals surface area contributed by atoms with Crippen molar-refractivity contribution in [2.24, 2.45) is 5.73 Å². The molecule has 2 aliphatic heterocycles. The first-order valence-electron chi connectivity index (χ1n) is 10.5. The molecule has 1 aromatic rings. The van der Waals surface area contributed by atoms with Gasteiger partial charge in [0.05, 0.1) is 12.5 Å². The predicted octanol–water partition coefficient (Wildman–Crippen LogP) is -1.36. The van der Waals surface area contributed by atoms with Crippen LogP contribution in [0, 0.1) is 0 Å². The van der Waals surface area contributed by atoms with Crippen LogP contribution in [0.5, 0.6) is 5.75 Å². The molecule has 0 aliphatic carbocycles. The molecule has 12 nitrogen and oxygen atoms in total. The number of carboxylic acid groups (broad SMARTS) is 1. The van der Waals surface area contributed by atoms with E-state index in [9.17, 15) is 34.2 Å². The fourth-order valence-corrected chi connectivity index (χ4v) is 5.74. The number of β-lactam (4-membered cyclic amide) rings is 1. The molecule has 4 amide bonds. The highest BCUT2D eigenvalue weighted by Gasteiger charge is 2.64. The number of carboxylic acids is 1. The number of likely N-dealkylation sites (N-methyl/N-ethyl adjacent to an activating group) is 1. The van der Waals surface area contributed by atoms with Gasteiger partial charge < -0.3 is 36.8 Å². The van der Waals surface area contributed by atoms with Crippen LogP contribution in [0.1, 0.15) is 31.9 Å². The molecule has 0 radical (unpaired) electrons. The Morgan fingerprint density at radius 3 is 2.32 bits per heavy atom. The molecule has 34 heavy (non-hydrogen) atoms. The van der Waals surface area contributed by atoms with E-state index >= 15 is 0 Å². The van der Waals surface area contributed by atoms with Crippen molar-refractivity contribution in [2.45, 2.75) is 54.6 Å². The summed E-state index contributed by atoms with van der Waals surface area (Å²) in [4.78, 5) is 62.9. The molecule has 5 atom stereocenters. The number of phenols is 1. The largest absolute Gasteiger partial charge is 0.508 e. The molecule has 3 rings (SSSR count). The van der Waals surface area contributed by atoms with Gasteiger partial charge in [0.25, 0.3) is 0 Å². The number of fused-ring (bicyclic) bond motifs is 1. The Morgan fingerprint density at radius 2 is 1.79 bits per heavy atom. The van der Waals surface area contributed by atoms with Crippen LogP contribution in [0.2, 0.25) is 0 Å². The van der Waals surface area contributed by atoms with Gasteiger partial charge in [-0.25, -0.2) is 4.79 Å². The van der Waals surface area contributed by atoms with Crippen molar-refractivity contribution in [3.05, 3.63) is 29.8 Å². The van der Waals surface area contributed by atoms with Crippen molar-refractivity contribution in [1.82, 2.24) is 20.9 Å². The third-order valence-electron chi connectivity index (χ3n) is 5.82. The number of thioether (sulfide) groups is 1. The van der Waals surface area contributed by atoms with Crippen molar-refractivity contribution in [2.75, 3.05) is 7.05 Å². The summed E-state index contributed by atoms with van der Waals surface area (Å²) in [5.74, 6) is -3.79. The van der Waals surface area contributed by atoms with Gasteiger partial charge in [-0.1, -0.05) is 12.1 Å². The number of rotatable bonds is 9. The van der Waals surface area contributed by atoms with Gasteiger partial charge in [0.1, 0.15) is 29.2 Å². The summed E-state index contributed by atoms with van der Waals surface area (Å²) in [6.45, 7) is 3.44. The third kappa shape index (κ3) is 4.80. The van der Waals surface area contributed by atoms with Crippen LogP contribution in [0.15, 0.2) is 24.3 Å². The molecule has 184 valence electrons. The van der Waals surface area contributed by atoms with Crippen LogP contribution >= 0.6 is 11.8 Å². The van der Waals surface area contributed by atoms with Crippen molar-refractivity contribution < 1.29 is 34.2 Å². The van der Waals surface area contributed by atoms with E-state index in [-0.39, 0.29) is 12.2 Å². The number of amides is 4. The smallest absolute Gasteiger partial charge is 0.327 e. The zero-order valence-electron chi connectivity index (χ0n) is 18.8. The minimum atomic E-state index is -1.26. The number of nitrogens with two attached hydrogens (primary N) is 1. The van der Waals surface area contributed by atoms with Crippen LogP contribution in [-0.2, 0) is 24.0 Å². The van der Waals surface area contributed by atoms with E-state index < -0.39 is 63.9 Å². The second-order valence-electron chi connectivity index (χ2n) is 8.63. The quantitative estimate of drug-likeness (QED) is 0.226. The van der Waals surface area contributed by atoms with Gasteiger partial charge in [-0.05, 0) is 38.6 Å². The second-order valence-corrected chi connectivity index (χ2v) is 10.4. The molecule has 0 aromatic heterocycles. The fourth-order valence-electron chi connectivity index (χ4n) is 4.12. The number of primary amides is 1. The molecular formula is C21H27N5O7S. The van der Waals surface area contributed by atoms with Gasteiger partial charge in [-0.3, -0.25) is 19.2 Å². The van der Waals surface area contributed by atoms with Crippen LogP contribution in [0.3, 0.4) is 0 Å². The first kappa shape index (κ1) is 25.3. The number of aromatic hydroxyl groups is 1. The molecule has 2 saturated heterocycles.